The molecule has 0 radical (unpaired) electrons. The van der Waals surface area contributed by atoms with E-state index in [1.807, 2.05) is 4.90 Å². The fourth-order valence-electron chi connectivity index (χ4n) is 5.85. The second kappa shape index (κ2) is 13.1. The van der Waals surface area contributed by atoms with Crippen LogP contribution in [-0.2, 0) is 11.2 Å². The molecule has 0 unspecified atom stereocenters. The zero-order chi connectivity index (χ0) is 23.6. The predicted octanol–water partition coefficient (Wildman–Crippen LogP) is 6.64. The van der Waals surface area contributed by atoms with Gasteiger partial charge in [-0.15, -0.1) is 0 Å². The molecule has 4 atom stereocenters. The van der Waals surface area contributed by atoms with Crippen molar-refractivity contribution in [3.8, 4) is 0 Å². The first-order chi connectivity index (χ1) is 16.0. The molecule has 1 saturated carbocycles. The summed E-state index contributed by atoms with van der Waals surface area (Å²) < 4.78 is 0. The van der Waals surface area contributed by atoms with Gasteiger partial charge in [-0.05, 0) is 82.1 Å². The molecule has 1 aromatic rings. The number of benzene rings is 1. The van der Waals surface area contributed by atoms with Crippen molar-refractivity contribution in [3.63, 3.8) is 0 Å². The van der Waals surface area contributed by atoms with E-state index in [2.05, 4.69) is 63.3 Å². The van der Waals surface area contributed by atoms with E-state index in [0.717, 1.165) is 70.9 Å². The molecule has 1 N–H and O–H groups in total. The van der Waals surface area contributed by atoms with Crippen molar-refractivity contribution in [2.45, 2.75) is 91.1 Å². The van der Waals surface area contributed by atoms with Crippen molar-refractivity contribution >= 4 is 5.91 Å². The van der Waals surface area contributed by atoms with Gasteiger partial charge in [-0.3, -0.25) is 4.79 Å². The highest BCUT2D eigenvalue weighted by Crippen LogP contribution is 2.48. The Hall–Kier alpha value is -1.87. The maximum Gasteiger partial charge on any atom is 0.222 e. The zero-order valence-electron chi connectivity index (χ0n) is 21.1. The Morgan fingerprint density at radius 2 is 1.94 bits per heavy atom. The lowest BCUT2D eigenvalue weighted by Gasteiger charge is -2.21. The van der Waals surface area contributed by atoms with E-state index in [4.69, 9.17) is 0 Å². The molecule has 3 nitrogen and oxygen atoms in total. The second-order valence-electron chi connectivity index (χ2n) is 10.3. The quantitative estimate of drug-likeness (QED) is 0.270. The molecule has 3 heteroatoms. The van der Waals surface area contributed by atoms with E-state index >= 15 is 0 Å². The van der Waals surface area contributed by atoms with Gasteiger partial charge in [-0.2, -0.15) is 0 Å². The van der Waals surface area contributed by atoms with Crippen molar-refractivity contribution in [1.29, 1.82) is 0 Å². The minimum absolute atomic E-state index is 0.200. The zero-order valence-corrected chi connectivity index (χ0v) is 21.1. The molecule has 1 fully saturated rings. The molecular formula is C30H45NO2. The summed E-state index contributed by atoms with van der Waals surface area (Å²) in [5, 5.41) is 10.6. The molecule has 2 aliphatic carbocycles. The van der Waals surface area contributed by atoms with Gasteiger partial charge in [0.15, 0.2) is 0 Å². The van der Waals surface area contributed by atoms with Gasteiger partial charge in [0.2, 0.25) is 5.91 Å². The molecule has 3 rings (SSSR count). The summed E-state index contributed by atoms with van der Waals surface area (Å²) in [6.07, 6.45) is 16.9. The Morgan fingerprint density at radius 3 is 2.67 bits per heavy atom. The van der Waals surface area contributed by atoms with Crippen LogP contribution < -0.4 is 0 Å². The molecule has 0 spiro atoms. The molecule has 0 aromatic heterocycles. The number of hydrogen-bond donors (Lipinski definition) is 1. The van der Waals surface area contributed by atoms with Crippen molar-refractivity contribution < 1.29 is 9.90 Å². The third kappa shape index (κ3) is 7.57. The van der Waals surface area contributed by atoms with Crippen LogP contribution in [0.4, 0.5) is 0 Å². The third-order valence-corrected chi connectivity index (χ3v) is 7.47. The third-order valence-electron chi connectivity index (χ3n) is 7.47. The van der Waals surface area contributed by atoms with Crippen LogP contribution >= 0.6 is 0 Å². The van der Waals surface area contributed by atoms with Crippen LogP contribution in [0.3, 0.4) is 0 Å². The van der Waals surface area contributed by atoms with Gasteiger partial charge in [0, 0.05) is 25.4 Å². The Labute approximate surface area is 202 Å². The molecule has 33 heavy (non-hydrogen) atoms. The highest BCUT2D eigenvalue weighted by molar-refractivity contribution is 5.76. The monoisotopic (exact) mass is 451 g/mol. The number of rotatable bonds is 13. The van der Waals surface area contributed by atoms with Crippen molar-refractivity contribution in [2.75, 3.05) is 13.1 Å². The fraction of sp³-hybridized carbons (Fsp3) is 0.633. The van der Waals surface area contributed by atoms with Gasteiger partial charge in [0.1, 0.15) is 0 Å². The van der Waals surface area contributed by atoms with Crippen molar-refractivity contribution in [3.05, 3.63) is 59.2 Å². The maximum atomic E-state index is 12.5. The highest BCUT2D eigenvalue weighted by Gasteiger charge is 2.43. The van der Waals surface area contributed by atoms with E-state index in [-0.39, 0.29) is 6.10 Å². The predicted molar refractivity (Wildman–Crippen MR) is 138 cm³/mol. The van der Waals surface area contributed by atoms with Crippen LogP contribution in [0.1, 0.15) is 82.8 Å². The standard InChI is InChI=1S/C30H45NO2/c1-4-17-31(18-5-2)30(33)16-9-7-13-25-20-26-22-29(32)27(28(26)21-25)15-8-6-12-24-14-10-11-23(3)19-24/h8,10-11,14-15,19-20,26-29,32H,4-7,9,12-13,16-18,21-22H2,1-3H3/b15-8+/t26-,27+,28-,29+/m0/s1. The number of amides is 1. The average Bonchev–Trinajstić information content (AvgIpc) is 3.30. The van der Waals surface area contributed by atoms with E-state index < -0.39 is 0 Å². The summed E-state index contributed by atoms with van der Waals surface area (Å²) in [4.78, 5) is 14.5. The number of nitrogens with zero attached hydrogens (tertiary/aromatic N) is 1. The molecule has 0 heterocycles. The molecule has 1 aromatic carbocycles. The van der Waals surface area contributed by atoms with Gasteiger partial charge < -0.3 is 10.0 Å². The number of aliphatic hydroxyl groups excluding tert-OH is 1. The lowest BCUT2D eigenvalue weighted by molar-refractivity contribution is -0.131. The maximum absolute atomic E-state index is 12.5. The van der Waals surface area contributed by atoms with E-state index in [9.17, 15) is 9.90 Å². The van der Waals surface area contributed by atoms with Crippen LogP contribution in [0.15, 0.2) is 48.1 Å². The summed E-state index contributed by atoms with van der Waals surface area (Å²) in [6.45, 7) is 8.21. The topological polar surface area (TPSA) is 40.5 Å². The first-order valence-corrected chi connectivity index (χ1v) is 13.4. The lowest BCUT2D eigenvalue weighted by Crippen LogP contribution is -2.32. The molecule has 0 saturated heterocycles. The van der Waals surface area contributed by atoms with Gasteiger partial charge >= 0.3 is 0 Å². The first-order valence-electron chi connectivity index (χ1n) is 13.4. The van der Waals surface area contributed by atoms with Crippen molar-refractivity contribution in [2.24, 2.45) is 17.8 Å². The van der Waals surface area contributed by atoms with Crippen LogP contribution in [0.2, 0.25) is 0 Å². The summed E-state index contributed by atoms with van der Waals surface area (Å²) >= 11 is 0. The van der Waals surface area contributed by atoms with Crippen LogP contribution in [0.25, 0.3) is 0 Å². The summed E-state index contributed by atoms with van der Waals surface area (Å²) in [6, 6.07) is 8.74. The number of unbranched alkanes of at least 4 members (excludes halogenated alkanes) is 1. The van der Waals surface area contributed by atoms with Gasteiger partial charge in [-0.25, -0.2) is 0 Å². The summed E-state index contributed by atoms with van der Waals surface area (Å²) in [7, 11) is 0. The molecular weight excluding hydrogens is 406 g/mol. The molecule has 0 bridgehead atoms. The van der Waals surface area contributed by atoms with Crippen LogP contribution in [-0.4, -0.2) is 35.1 Å². The Bertz CT molecular complexity index is 805. The Kier molecular flexibility index (Phi) is 10.2. The Morgan fingerprint density at radius 1 is 1.15 bits per heavy atom. The van der Waals surface area contributed by atoms with Gasteiger partial charge in [-0.1, -0.05) is 67.5 Å². The minimum Gasteiger partial charge on any atom is -0.392 e. The fourth-order valence-corrected chi connectivity index (χ4v) is 5.85. The van der Waals surface area contributed by atoms with Crippen molar-refractivity contribution in [1.82, 2.24) is 4.90 Å². The SMILES string of the molecule is CCCN(CCC)C(=O)CCCCC1=C[C@H]2C[C@@H](O)[C@H](/C=C/CCc3cccc(C)c3)[C@H]2C1. The highest BCUT2D eigenvalue weighted by atomic mass is 16.3. The normalized spacial score (nSPS) is 24.3. The lowest BCUT2D eigenvalue weighted by atomic mass is 9.88. The van der Waals surface area contributed by atoms with Crippen LogP contribution in [0, 0.1) is 24.7 Å². The van der Waals surface area contributed by atoms with E-state index in [1.165, 1.54) is 11.1 Å². The summed E-state index contributed by atoms with van der Waals surface area (Å²) in [5.74, 6) is 1.72. The smallest absolute Gasteiger partial charge is 0.222 e. The van der Waals surface area contributed by atoms with Gasteiger partial charge in [0.25, 0.3) is 0 Å². The molecule has 1 amide bonds. The van der Waals surface area contributed by atoms with Crippen LogP contribution in [0.5, 0.6) is 0 Å². The minimum atomic E-state index is -0.200. The van der Waals surface area contributed by atoms with E-state index in [0.29, 0.717) is 30.1 Å². The molecule has 2 aliphatic rings. The van der Waals surface area contributed by atoms with Gasteiger partial charge in [0.05, 0.1) is 6.10 Å². The largest absolute Gasteiger partial charge is 0.392 e. The number of carbonyl (C=O) groups is 1. The average molecular weight is 452 g/mol. The molecule has 0 aliphatic heterocycles. The summed E-state index contributed by atoms with van der Waals surface area (Å²) in [5.41, 5.74) is 4.26. The number of allylic oxidation sites excluding steroid dienone is 3. The number of aliphatic hydroxyl groups is 1. The number of carbonyl (C=O) groups excluding carboxylic acids is 1. The second-order valence-corrected chi connectivity index (χ2v) is 10.3. The number of aryl methyl sites for hydroxylation is 2. The number of hydrogen-bond acceptors (Lipinski definition) is 2. The van der Waals surface area contributed by atoms with E-state index in [1.54, 1.807) is 5.57 Å². The first kappa shape index (κ1) is 25.7. The molecule has 182 valence electrons. The Balaban J connectivity index is 1.39. The number of fused-ring (bicyclic) bond motifs is 1.